The summed E-state index contributed by atoms with van der Waals surface area (Å²) in [5.41, 5.74) is 2.01. The van der Waals surface area contributed by atoms with Crippen LogP contribution in [0.1, 0.15) is 24.0 Å². The topological polar surface area (TPSA) is 47.6 Å². The summed E-state index contributed by atoms with van der Waals surface area (Å²) in [6, 6.07) is 11.6. The van der Waals surface area contributed by atoms with E-state index in [9.17, 15) is 4.79 Å². The van der Waals surface area contributed by atoms with Gasteiger partial charge in [0.2, 0.25) is 5.91 Å². The molecule has 0 bridgehead atoms. The predicted molar refractivity (Wildman–Crippen MR) is 101 cm³/mol. The molecule has 1 amide bonds. The third kappa shape index (κ3) is 4.89. The zero-order valence-corrected chi connectivity index (χ0v) is 16.0. The molecular formula is C19H19BrClNO3. The van der Waals surface area contributed by atoms with E-state index in [1.165, 1.54) is 0 Å². The van der Waals surface area contributed by atoms with Crippen molar-refractivity contribution in [2.45, 2.75) is 25.8 Å². The van der Waals surface area contributed by atoms with Gasteiger partial charge in [0.1, 0.15) is 0 Å². The van der Waals surface area contributed by atoms with E-state index in [1.54, 1.807) is 0 Å². The van der Waals surface area contributed by atoms with Gasteiger partial charge >= 0.3 is 0 Å². The van der Waals surface area contributed by atoms with Gasteiger partial charge in [-0.05, 0) is 35.7 Å². The second-order valence-electron chi connectivity index (χ2n) is 5.82. The molecule has 0 saturated carbocycles. The van der Waals surface area contributed by atoms with Crippen molar-refractivity contribution >= 4 is 33.4 Å². The van der Waals surface area contributed by atoms with Crippen LogP contribution in [0.4, 0.5) is 0 Å². The maximum Gasteiger partial charge on any atom is 0.220 e. The summed E-state index contributed by atoms with van der Waals surface area (Å²) in [5.74, 6) is 1.23. The molecule has 2 aromatic carbocycles. The van der Waals surface area contributed by atoms with Crippen LogP contribution in [0.15, 0.2) is 40.9 Å². The lowest BCUT2D eigenvalue weighted by molar-refractivity contribution is -0.121. The first-order chi connectivity index (χ1) is 12.1. The Labute approximate surface area is 160 Å². The van der Waals surface area contributed by atoms with Gasteiger partial charge < -0.3 is 14.8 Å². The molecule has 132 valence electrons. The van der Waals surface area contributed by atoms with Crippen LogP contribution in [0.3, 0.4) is 0 Å². The summed E-state index contributed by atoms with van der Waals surface area (Å²) in [7, 11) is 0. The lowest BCUT2D eigenvalue weighted by Gasteiger charge is -2.12. The Morgan fingerprint density at radius 3 is 2.84 bits per heavy atom. The fourth-order valence-electron chi connectivity index (χ4n) is 2.62. The van der Waals surface area contributed by atoms with E-state index in [0.717, 1.165) is 22.0 Å². The van der Waals surface area contributed by atoms with Crippen molar-refractivity contribution < 1.29 is 14.3 Å². The number of carbonyl (C=O) groups excluding carboxylic acids is 1. The predicted octanol–water partition coefficient (Wildman–Crippen LogP) is 4.51. The Balaban J connectivity index is 1.56. The summed E-state index contributed by atoms with van der Waals surface area (Å²) in [6.45, 7) is 1.61. The van der Waals surface area contributed by atoms with E-state index in [-0.39, 0.29) is 5.91 Å². The molecule has 0 spiro atoms. The molecule has 1 heterocycles. The van der Waals surface area contributed by atoms with Gasteiger partial charge in [-0.1, -0.05) is 45.7 Å². The highest BCUT2D eigenvalue weighted by molar-refractivity contribution is 9.10. The van der Waals surface area contributed by atoms with Gasteiger partial charge in [-0.2, -0.15) is 0 Å². The number of carbonyl (C=O) groups is 1. The summed E-state index contributed by atoms with van der Waals surface area (Å²) in [6.07, 6.45) is 1.95. The van der Waals surface area contributed by atoms with Crippen LogP contribution in [0.25, 0.3) is 0 Å². The van der Waals surface area contributed by atoms with Crippen LogP contribution in [0.2, 0.25) is 5.02 Å². The lowest BCUT2D eigenvalue weighted by atomic mass is 10.1. The van der Waals surface area contributed by atoms with E-state index >= 15 is 0 Å². The van der Waals surface area contributed by atoms with Crippen molar-refractivity contribution in [3.05, 3.63) is 57.0 Å². The molecule has 2 aromatic rings. The molecule has 6 heteroatoms. The van der Waals surface area contributed by atoms with Crippen molar-refractivity contribution in [3.63, 3.8) is 0 Å². The minimum absolute atomic E-state index is 0.000938. The van der Waals surface area contributed by atoms with Crippen molar-refractivity contribution in [1.82, 2.24) is 5.32 Å². The van der Waals surface area contributed by atoms with Crippen molar-refractivity contribution in [2.75, 3.05) is 13.2 Å². The zero-order chi connectivity index (χ0) is 17.6. The standard InChI is InChI=1S/C19H19BrClNO3/c20-15-5-2-1-4-14(15)6-7-18(23)22-12-13-10-16(21)19-17(11-13)24-8-3-9-25-19/h1-2,4-5,10-11H,3,6-9,12H2,(H,22,23). The first-order valence-electron chi connectivity index (χ1n) is 8.21. The normalized spacial score (nSPS) is 13.2. The number of rotatable bonds is 5. The molecule has 0 aliphatic carbocycles. The number of halogens is 2. The van der Waals surface area contributed by atoms with E-state index in [0.29, 0.717) is 49.1 Å². The maximum atomic E-state index is 12.1. The molecule has 0 radical (unpaired) electrons. The smallest absolute Gasteiger partial charge is 0.220 e. The number of aryl methyl sites for hydroxylation is 1. The molecule has 0 saturated heterocycles. The largest absolute Gasteiger partial charge is 0.489 e. The highest BCUT2D eigenvalue weighted by atomic mass is 79.9. The maximum absolute atomic E-state index is 12.1. The molecule has 1 N–H and O–H groups in total. The second-order valence-corrected chi connectivity index (χ2v) is 7.09. The van der Waals surface area contributed by atoms with Gasteiger partial charge in [0.15, 0.2) is 11.5 Å². The zero-order valence-electron chi connectivity index (χ0n) is 13.7. The first kappa shape index (κ1) is 18.1. The van der Waals surface area contributed by atoms with Crippen LogP contribution in [-0.2, 0) is 17.8 Å². The van der Waals surface area contributed by atoms with Gasteiger partial charge in [0.05, 0.1) is 18.2 Å². The molecule has 0 atom stereocenters. The quantitative estimate of drug-likeness (QED) is 0.768. The van der Waals surface area contributed by atoms with Crippen molar-refractivity contribution in [1.29, 1.82) is 0 Å². The Hall–Kier alpha value is -1.72. The second kappa shape index (κ2) is 8.59. The molecule has 4 nitrogen and oxygen atoms in total. The number of hydrogen-bond acceptors (Lipinski definition) is 3. The summed E-state index contributed by atoms with van der Waals surface area (Å²) in [5, 5.41) is 3.44. The first-order valence-corrected chi connectivity index (χ1v) is 9.38. The van der Waals surface area contributed by atoms with Crippen LogP contribution < -0.4 is 14.8 Å². The Morgan fingerprint density at radius 2 is 2.00 bits per heavy atom. The average molecular weight is 425 g/mol. The molecule has 0 aromatic heterocycles. The SMILES string of the molecule is O=C(CCc1ccccc1Br)NCc1cc(Cl)c2c(c1)OCCCO2. The molecule has 3 rings (SSSR count). The van der Waals surface area contributed by atoms with Crippen LogP contribution in [0.5, 0.6) is 11.5 Å². The number of benzene rings is 2. The van der Waals surface area contributed by atoms with Crippen LogP contribution in [0, 0.1) is 0 Å². The van der Waals surface area contributed by atoms with Gasteiger partial charge in [0, 0.05) is 23.9 Å². The fourth-order valence-corrected chi connectivity index (χ4v) is 3.40. The third-order valence-corrected chi connectivity index (χ3v) is 4.99. The molecule has 0 unspecified atom stereocenters. The molecule has 25 heavy (non-hydrogen) atoms. The Morgan fingerprint density at radius 1 is 1.20 bits per heavy atom. The minimum Gasteiger partial charge on any atom is -0.489 e. The van der Waals surface area contributed by atoms with E-state index < -0.39 is 0 Å². The molecular weight excluding hydrogens is 406 g/mol. The monoisotopic (exact) mass is 423 g/mol. The summed E-state index contributed by atoms with van der Waals surface area (Å²) in [4.78, 5) is 12.1. The molecule has 1 aliphatic rings. The number of hydrogen-bond donors (Lipinski definition) is 1. The van der Waals surface area contributed by atoms with Crippen LogP contribution >= 0.6 is 27.5 Å². The van der Waals surface area contributed by atoms with Crippen molar-refractivity contribution in [3.8, 4) is 11.5 Å². The van der Waals surface area contributed by atoms with E-state index in [2.05, 4.69) is 21.2 Å². The van der Waals surface area contributed by atoms with Gasteiger partial charge in [-0.15, -0.1) is 0 Å². The van der Waals surface area contributed by atoms with Crippen LogP contribution in [-0.4, -0.2) is 19.1 Å². The van der Waals surface area contributed by atoms with Crippen molar-refractivity contribution in [2.24, 2.45) is 0 Å². The Bertz CT molecular complexity index is 766. The molecule has 1 aliphatic heterocycles. The average Bonchev–Trinajstić information content (AvgIpc) is 2.85. The number of amides is 1. The molecule has 0 fully saturated rings. The van der Waals surface area contributed by atoms with Gasteiger partial charge in [-0.25, -0.2) is 0 Å². The van der Waals surface area contributed by atoms with Gasteiger partial charge in [0.25, 0.3) is 0 Å². The lowest BCUT2D eigenvalue weighted by Crippen LogP contribution is -2.23. The number of fused-ring (bicyclic) bond motifs is 1. The number of ether oxygens (including phenoxy) is 2. The summed E-state index contributed by atoms with van der Waals surface area (Å²) >= 11 is 9.77. The Kier molecular flexibility index (Phi) is 6.21. The fraction of sp³-hybridized carbons (Fsp3) is 0.316. The third-order valence-electron chi connectivity index (χ3n) is 3.93. The summed E-state index contributed by atoms with van der Waals surface area (Å²) < 4.78 is 12.3. The number of nitrogens with one attached hydrogen (secondary N) is 1. The van der Waals surface area contributed by atoms with E-state index in [4.69, 9.17) is 21.1 Å². The van der Waals surface area contributed by atoms with Gasteiger partial charge in [-0.3, -0.25) is 4.79 Å². The highest BCUT2D eigenvalue weighted by Gasteiger charge is 2.16. The van der Waals surface area contributed by atoms with E-state index in [1.807, 2.05) is 36.4 Å². The highest BCUT2D eigenvalue weighted by Crippen LogP contribution is 2.37. The minimum atomic E-state index is -0.000938.